The zero-order chi connectivity index (χ0) is 23.8. The molecule has 0 bridgehead atoms. The van der Waals surface area contributed by atoms with E-state index in [0.29, 0.717) is 28.2 Å². The fourth-order valence-electron chi connectivity index (χ4n) is 2.72. The number of hydrogen-bond donors (Lipinski definition) is 1. The van der Waals surface area contributed by atoms with Crippen molar-refractivity contribution >= 4 is 61.4 Å². The maximum Gasteiger partial charge on any atom is 0.264 e. The number of nitrogens with one attached hydrogen (secondary N) is 1. The third-order valence-electron chi connectivity index (χ3n) is 4.21. The Kier molecular flexibility index (Phi) is 8.95. The molecule has 1 N–H and O–H groups in total. The van der Waals surface area contributed by atoms with Gasteiger partial charge in [0.15, 0.2) is 4.34 Å². The SMILES string of the molecule is CCCSc1nnc(NC(=O)CN(c2ccc(OCC)cc2)S(=O)(=O)c2ccc(Cl)cc2)s1. The van der Waals surface area contributed by atoms with Crippen molar-refractivity contribution in [3.63, 3.8) is 0 Å². The number of hydrogen-bond acceptors (Lipinski definition) is 8. The highest BCUT2D eigenvalue weighted by atomic mass is 35.5. The van der Waals surface area contributed by atoms with E-state index in [2.05, 4.69) is 22.4 Å². The van der Waals surface area contributed by atoms with Gasteiger partial charge in [-0.1, -0.05) is 41.6 Å². The van der Waals surface area contributed by atoms with Crippen molar-refractivity contribution in [2.45, 2.75) is 29.5 Å². The molecule has 0 unspecified atom stereocenters. The number of carbonyl (C=O) groups excluding carboxylic acids is 1. The Labute approximate surface area is 206 Å². The molecule has 8 nitrogen and oxygen atoms in total. The minimum Gasteiger partial charge on any atom is -0.494 e. The standard InChI is InChI=1S/C21H23ClN4O4S3/c1-3-13-31-21-25-24-20(32-21)23-19(27)14-26(16-7-9-17(10-8-16)30-4-2)33(28,29)18-11-5-15(22)6-12-18/h5-12H,3-4,13-14H2,1-2H3,(H,23,24,27). The summed E-state index contributed by atoms with van der Waals surface area (Å²) in [6, 6.07) is 12.3. The molecule has 176 valence electrons. The van der Waals surface area contributed by atoms with Gasteiger partial charge in [-0.15, -0.1) is 10.2 Å². The van der Waals surface area contributed by atoms with Crippen LogP contribution in [0.3, 0.4) is 0 Å². The molecule has 0 spiro atoms. The van der Waals surface area contributed by atoms with Gasteiger partial charge in [-0.2, -0.15) is 0 Å². The van der Waals surface area contributed by atoms with E-state index < -0.39 is 22.5 Å². The van der Waals surface area contributed by atoms with Gasteiger partial charge in [-0.3, -0.25) is 14.4 Å². The van der Waals surface area contributed by atoms with Crippen molar-refractivity contribution in [1.82, 2.24) is 10.2 Å². The molecule has 2 aromatic carbocycles. The number of rotatable bonds is 11. The molecule has 1 aromatic heterocycles. The quantitative estimate of drug-likeness (QED) is 0.279. The summed E-state index contributed by atoms with van der Waals surface area (Å²) in [5.41, 5.74) is 0.319. The van der Waals surface area contributed by atoms with Crippen LogP contribution < -0.4 is 14.4 Å². The van der Waals surface area contributed by atoms with E-state index in [1.807, 2.05) is 6.92 Å². The molecule has 0 atom stereocenters. The molecule has 0 aliphatic rings. The third kappa shape index (κ3) is 6.83. The lowest BCUT2D eigenvalue weighted by atomic mass is 10.3. The van der Waals surface area contributed by atoms with Gasteiger partial charge in [0.05, 0.1) is 17.2 Å². The maximum atomic E-state index is 13.4. The molecule has 3 rings (SSSR count). The summed E-state index contributed by atoms with van der Waals surface area (Å²) in [7, 11) is -4.05. The van der Waals surface area contributed by atoms with Crippen LogP contribution in [0.2, 0.25) is 5.02 Å². The van der Waals surface area contributed by atoms with E-state index in [-0.39, 0.29) is 4.90 Å². The van der Waals surface area contributed by atoms with E-state index in [1.165, 1.54) is 35.6 Å². The van der Waals surface area contributed by atoms with Crippen molar-refractivity contribution in [3.8, 4) is 5.75 Å². The Bertz CT molecular complexity index is 1170. The predicted octanol–water partition coefficient (Wildman–Crippen LogP) is 4.93. The van der Waals surface area contributed by atoms with Crippen LogP contribution in [0.5, 0.6) is 5.75 Å². The Morgan fingerprint density at radius 2 is 1.82 bits per heavy atom. The summed E-state index contributed by atoms with van der Waals surface area (Å²) in [4.78, 5) is 12.8. The Morgan fingerprint density at radius 3 is 2.45 bits per heavy atom. The number of nitrogens with zero attached hydrogens (tertiary/aromatic N) is 3. The third-order valence-corrected chi connectivity index (χ3v) is 8.42. The second kappa shape index (κ2) is 11.7. The summed E-state index contributed by atoms with van der Waals surface area (Å²) in [6.45, 7) is 3.95. The van der Waals surface area contributed by atoms with Gasteiger partial charge in [0, 0.05) is 10.8 Å². The first-order valence-electron chi connectivity index (χ1n) is 10.1. The predicted molar refractivity (Wildman–Crippen MR) is 133 cm³/mol. The van der Waals surface area contributed by atoms with Gasteiger partial charge in [-0.05, 0) is 61.9 Å². The van der Waals surface area contributed by atoms with Gasteiger partial charge in [0.25, 0.3) is 10.0 Å². The summed E-state index contributed by atoms with van der Waals surface area (Å²) in [5.74, 6) is 0.957. The van der Waals surface area contributed by atoms with Crippen LogP contribution in [-0.4, -0.2) is 43.4 Å². The molecule has 1 heterocycles. The number of amides is 1. The Morgan fingerprint density at radius 1 is 1.12 bits per heavy atom. The number of ether oxygens (including phenoxy) is 1. The van der Waals surface area contributed by atoms with E-state index in [9.17, 15) is 13.2 Å². The van der Waals surface area contributed by atoms with E-state index >= 15 is 0 Å². The Hall–Kier alpha value is -2.34. The number of sulfonamides is 1. The van der Waals surface area contributed by atoms with Crippen molar-refractivity contribution in [3.05, 3.63) is 53.6 Å². The number of anilines is 2. The Balaban J connectivity index is 1.85. The van der Waals surface area contributed by atoms with Crippen LogP contribution >= 0.6 is 34.7 Å². The molecular weight excluding hydrogens is 504 g/mol. The van der Waals surface area contributed by atoms with Gasteiger partial charge in [-0.25, -0.2) is 8.42 Å². The lowest BCUT2D eigenvalue weighted by molar-refractivity contribution is -0.114. The molecule has 0 fully saturated rings. The first-order chi connectivity index (χ1) is 15.8. The van der Waals surface area contributed by atoms with Crippen LogP contribution in [0.15, 0.2) is 57.8 Å². The summed E-state index contributed by atoms with van der Waals surface area (Å²) >= 11 is 8.71. The zero-order valence-electron chi connectivity index (χ0n) is 18.0. The highest BCUT2D eigenvalue weighted by molar-refractivity contribution is 8.01. The highest BCUT2D eigenvalue weighted by Gasteiger charge is 2.27. The topological polar surface area (TPSA) is 101 Å². The van der Waals surface area contributed by atoms with E-state index in [4.69, 9.17) is 16.3 Å². The van der Waals surface area contributed by atoms with Gasteiger partial charge in [0.2, 0.25) is 11.0 Å². The van der Waals surface area contributed by atoms with Crippen LogP contribution in [-0.2, 0) is 14.8 Å². The van der Waals surface area contributed by atoms with Crippen molar-refractivity contribution in [2.75, 3.05) is 28.5 Å². The second-order valence-corrected chi connectivity index (χ2v) is 11.3. The number of thioether (sulfide) groups is 1. The molecule has 0 aliphatic carbocycles. The largest absolute Gasteiger partial charge is 0.494 e. The van der Waals surface area contributed by atoms with Crippen LogP contribution in [0.4, 0.5) is 10.8 Å². The van der Waals surface area contributed by atoms with Crippen LogP contribution in [0.1, 0.15) is 20.3 Å². The fraction of sp³-hybridized carbons (Fsp3) is 0.286. The first-order valence-corrected chi connectivity index (χ1v) is 13.7. The maximum absolute atomic E-state index is 13.4. The lowest BCUT2D eigenvalue weighted by Gasteiger charge is -2.24. The van der Waals surface area contributed by atoms with Gasteiger partial charge < -0.3 is 4.74 Å². The van der Waals surface area contributed by atoms with Crippen LogP contribution in [0, 0.1) is 0 Å². The van der Waals surface area contributed by atoms with Crippen molar-refractivity contribution < 1.29 is 17.9 Å². The molecule has 33 heavy (non-hydrogen) atoms. The minimum atomic E-state index is -4.05. The summed E-state index contributed by atoms with van der Waals surface area (Å²) in [6.07, 6.45) is 0.992. The molecule has 12 heteroatoms. The average molecular weight is 527 g/mol. The molecule has 0 aliphatic heterocycles. The minimum absolute atomic E-state index is 0.0164. The summed E-state index contributed by atoms with van der Waals surface area (Å²) in [5, 5.41) is 11.4. The molecule has 0 saturated carbocycles. The smallest absolute Gasteiger partial charge is 0.264 e. The molecule has 0 radical (unpaired) electrons. The van der Waals surface area contributed by atoms with Crippen LogP contribution in [0.25, 0.3) is 0 Å². The fourth-order valence-corrected chi connectivity index (χ4v) is 5.96. The second-order valence-electron chi connectivity index (χ2n) is 6.66. The lowest BCUT2D eigenvalue weighted by Crippen LogP contribution is -2.38. The van der Waals surface area contributed by atoms with Gasteiger partial charge in [0.1, 0.15) is 12.3 Å². The molecule has 1 amide bonds. The zero-order valence-corrected chi connectivity index (χ0v) is 21.2. The normalized spacial score (nSPS) is 11.2. The van der Waals surface area contributed by atoms with Crippen molar-refractivity contribution in [2.24, 2.45) is 0 Å². The summed E-state index contributed by atoms with van der Waals surface area (Å²) < 4.78 is 34.0. The van der Waals surface area contributed by atoms with E-state index in [0.717, 1.165) is 20.8 Å². The number of aromatic nitrogens is 2. The molecule has 3 aromatic rings. The van der Waals surface area contributed by atoms with Crippen molar-refractivity contribution in [1.29, 1.82) is 0 Å². The molecular formula is C21H23ClN4O4S3. The average Bonchev–Trinajstić information content (AvgIpc) is 3.24. The number of carbonyl (C=O) groups is 1. The van der Waals surface area contributed by atoms with Gasteiger partial charge >= 0.3 is 0 Å². The number of benzene rings is 2. The highest BCUT2D eigenvalue weighted by Crippen LogP contribution is 2.28. The number of halogens is 1. The monoisotopic (exact) mass is 526 g/mol. The van der Waals surface area contributed by atoms with E-state index in [1.54, 1.807) is 36.0 Å². The molecule has 0 saturated heterocycles. The first kappa shape index (κ1) is 25.3.